The van der Waals surface area contributed by atoms with E-state index in [1.165, 1.54) is 7.11 Å². The van der Waals surface area contributed by atoms with Gasteiger partial charge in [-0.05, 0) is 31.7 Å². The van der Waals surface area contributed by atoms with Crippen molar-refractivity contribution in [3.8, 4) is 11.5 Å². The fraction of sp³-hybridized carbons (Fsp3) is 0.556. The Labute approximate surface area is 172 Å². The number of primary amides is 1. The fourth-order valence-corrected chi connectivity index (χ4v) is 3.15. The molecular weight excluding hydrogens is 447 g/mol. The molecule has 1 atom stereocenters. The molecule has 1 saturated heterocycles. The number of aliphatic imine (C=N–C) groups is 1. The van der Waals surface area contributed by atoms with E-state index in [4.69, 9.17) is 10.5 Å². The zero-order chi connectivity index (χ0) is 18.2. The normalized spacial score (nSPS) is 17.4. The number of aromatic hydroxyl groups is 1. The van der Waals surface area contributed by atoms with Crippen molar-refractivity contribution in [3.63, 3.8) is 0 Å². The Morgan fingerprint density at radius 2 is 2.27 bits per heavy atom. The van der Waals surface area contributed by atoms with Crippen molar-refractivity contribution >= 4 is 35.8 Å². The summed E-state index contributed by atoms with van der Waals surface area (Å²) in [7, 11) is 1.53. The molecule has 1 amide bonds. The van der Waals surface area contributed by atoms with Gasteiger partial charge in [0.2, 0.25) is 5.91 Å². The molecule has 0 spiro atoms. The molecule has 1 fully saturated rings. The Morgan fingerprint density at radius 1 is 1.50 bits per heavy atom. The number of guanidine groups is 1. The molecule has 1 aromatic rings. The first-order chi connectivity index (χ1) is 12.0. The Hall–Kier alpha value is -1.71. The van der Waals surface area contributed by atoms with Crippen LogP contribution in [0.5, 0.6) is 11.5 Å². The van der Waals surface area contributed by atoms with Gasteiger partial charge < -0.3 is 25.8 Å². The number of halogens is 1. The summed E-state index contributed by atoms with van der Waals surface area (Å²) in [6, 6.07) is 5.38. The van der Waals surface area contributed by atoms with E-state index in [0.29, 0.717) is 24.3 Å². The number of amides is 1. The van der Waals surface area contributed by atoms with Crippen molar-refractivity contribution in [1.82, 2.24) is 10.2 Å². The molecule has 1 heterocycles. The molecule has 146 valence electrons. The van der Waals surface area contributed by atoms with Crippen LogP contribution in [0.2, 0.25) is 0 Å². The molecule has 1 unspecified atom stereocenters. The second kappa shape index (κ2) is 11.1. The lowest BCUT2D eigenvalue weighted by atomic mass is 9.95. The molecule has 0 aromatic heterocycles. The zero-order valence-corrected chi connectivity index (χ0v) is 17.7. The van der Waals surface area contributed by atoms with Crippen LogP contribution < -0.4 is 15.8 Å². The van der Waals surface area contributed by atoms with Crippen molar-refractivity contribution in [2.75, 3.05) is 26.7 Å². The quantitative estimate of drug-likeness (QED) is 0.332. The Bertz CT molecular complexity index is 624. The van der Waals surface area contributed by atoms with Crippen LogP contribution in [0.1, 0.15) is 31.7 Å². The second-order valence-electron chi connectivity index (χ2n) is 6.26. The topological polar surface area (TPSA) is 100 Å². The van der Waals surface area contributed by atoms with Gasteiger partial charge in [-0.15, -0.1) is 24.0 Å². The lowest BCUT2D eigenvalue weighted by molar-refractivity contribution is -0.119. The van der Waals surface area contributed by atoms with Gasteiger partial charge in [0.15, 0.2) is 17.5 Å². The van der Waals surface area contributed by atoms with E-state index in [2.05, 4.69) is 15.2 Å². The molecule has 2 rings (SSSR count). The number of methoxy groups -OCH3 is 1. The molecule has 1 aliphatic rings. The minimum Gasteiger partial charge on any atom is -0.504 e. The van der Waals surface area contributed by atoms with Gasteiger partial charge in [-0.1, -0.05) is 12.1 Å². The van der Waals surface area contributed by atoms with Crippen LogP contribution in [0.4, 0.5) is 0 Å². The maximum absolute atomic E-state index is 11.2. The van der Waals surface area contributed by atoms with Crippen molar-refractivity contribution in [2.45, 2.75) is 32.7 Å². The summed E-state index contributed by atoms with van der Waals surface area (Å²) in [6.07, 6.45) is 2.43. The third-order valence-corrected chi connectivity index (χ3v) is 4.34. The summed E-state index contributed by atoms with van der Waals surface area (Å²) < 4.78 is 5.14. The number of phenols is 1. The molecule has 0 aliphatic carbocycles. The number of carbonyl (C=O) groups is 1. The lowest BCUT2D eigenvalue weighted by Gasteiger charge is -2.34. The van der Waals surface area contributed by atoms with E-state index >= 15 is 0 Å². The molecule has 1 aliphatic heterocycles. The average molecular weight is 476 g/mol. The highest BCUT2D eigenvalue weighted by Crippen LogP contribution is 2.29. The summed E-state index contributed by atoms with van der Waals surface area (Å²) in [6.45, 7) is 4.77. The van der Waals surface area contributed by atoms with E-state index in [9.17, 15) is 9.90 Å². The molecule has 0 saturated carbocycles. The van der Waals surface area contributed by atoms with Gasteiger partial charge in [-0.25, -0.2) is 4.99 Å². The van der Waals surface area contributed by atoms with Gasteiger partial charge in [0.1, 0.15) is 0 Å². The number of hydrogen-bond donors (Lipinski definition) is 3. The summed E-state index contributed by atoms with van der Waals surface area (Å²) in [4.78, 5) is 18.0. The van der Waals surface area contributed by atoms with Crippen LogP contribution in [-0.2, 0) is 11.3 Å². The number of piperidine rings is 1. The number of benzene rings is 1. The number of nitrogens with one attached hydrogen (secondary N) is 1. The third-order valence-electron chi connectivity index (χ3n) is 4.34. The maximum Gasteiger partial charge on any atom is 0.217 e. The van der Waals surface area contributed by atoms with Crippen LogP contribution >= 0.6 is 24.0 Å². The molecule has 26 heavy (non-hydrogen) atoms. The highest BCUT2D eigenvalue weighted by atomic mass is 127. The number of nitrogens with zero attached hydrogens (tertiary/aromatic N) is 2. The van der Waals surface area contributed by atoms with E-state index in [0.717, 1.165) is 38.4 Å². The van der Waals surface area contributed by atoms with Crippen LogP contribution in [0.25, 0.3) is 0 Å². The van der Waals surface area contributed by atoms with E-state index in [1.54, 1.807) is 6.07 Å². The predicted molar refractivity (Wildman–Crippen MR) is 113 cm³/mol. The van der Waals surface area contributed by atoms with Gasteiger partial charge in [-0.3, -0.25) is 4.79 Å². The van der Waals surface area contributed by atoms with Gasteiger partial charge in [0, 0.05) is 31.6 Å². The SMILES string of the molecule is CCNC(=NCc1cccc(OC)c1O)N1CCCC(CC(N)=O)C1.I. The van der Waals surface area contributed by atoms with Crippen LogP contribution in [-0.4, -0.2) is 48.6 Å². The molecule has 7 nitrogen and oxygen atoms in total. The minimum absolute atomic E-state index is 0. The number of rotatable bonds is 6. The molecule has 1 aromatic carbocycles. The minimum atomic E-state index is -0.255. The van der Waals surface area contributed by atoms with Gasteiger partial charge in [-0.2, -0.15) is 0 Å². The van der Waals surface area contributed by atoms with Crippen molar-refractivity contribution in [3.05, 3.63) is 23.8 Å². The highest BCUT2D eigenvalue weighted by Gasteiger charge is 2.23. The summed E-state index contributed by atoms with van der Waals surface area (Å²) in [5.74, 6) is 1.36. The zero-order valence-electron chi connectivity index (χ0n) is 15.4. The average Bonchev–Trinajstić information content (AvgIpc) is 2.59. The standard InChI is InChI=1S/C18H28N4O3.HI/c1-3-20-18(22-9-5-6-13(12-22)10-16(19)23)21-11-14-7-4-8-15(25-2)17(14)24;/h4,7-8,13,24H,3,5-6,9-12H2,1-2H3,(H2,19,23)(H,20,21);1H. The Balaban J connectivity index is 0.00000338. The number of ether oxygens (including phenoxy) is 1. The van der Waals surface area contributed by atoms with Crippen molar-refractivity contribution in [2.24, 2.45) is 16.6 Å². The Morgan fingerprint density at radius 3 is 2.92 bits per heavy atom. The largest absolute Gasteiger partial charge is 0.504 e. The smallest absolute Gasteiger partial charge is 0.217 e. The summed E-state index contributed by atoms with van der Waals surface area (Å²) in [5.41, 5.74) is 6.05. The molecule has 0 radical (unpaired) electrons. The van der Waals surface area contributed by atoms with E-state index in [-0.39, 0.29) is 41.6 Å². The number of phenolic OH excluding ortho intramolecular Hbond substituents is 1. The van der Waals surface area contributed by atoms with Crippen molar-refractivity contribution in [1.29, 1.82) is 0 Å². The van der Waals surface area contributed by atoms with Crippen LogP contribution in [0, 0.1) is 5.92 Å². The van der Waals surface area contributed by atoms with Gasteiger partial charge in [0.25, 0.3) is 0 Å². The van der Waals surface area contributed by atoms with Crippen LogP contribution in [0.15, 0.2) is 23.2 Å². The number of nitrogens with two attached hydrogens (primary N) is 1. The molecule has 0 bridgehead atoms. The molecule has 8 heteroatoms. The number of hydrogen-bond acceptors (Lipinski definition) is 4. The monoisotopic (exact) mass is 476 g/mol. The van der Waals surface area contributed by atoms with Crippen LogP contribution in [0.3, 0.4) is 0 Å². The third kappa shape index (κ3) is 6.22. The first-order valence-corrected chi connectivity index (χ1v) is 8.71. The van der Waals surface area contributed by atoms with Gasteiger partial charge >= 0.3 is 0 Å². The second-order valence-corrected chi connectivity index (χ2v) is 6.26. The lowest BCUT2D eigenvalue weighted by Crippen LogP contribution is -2.47. The summed E-state index contributed by atoms with van der Waals surface area (Å²) in [5, 5.41) is 13.5. The highest BCUT2D eigenvalue weighted by molar-refractivity contribution is 14.0. The molecule has 4 N–H and O–H groups in total. The number of para-hydroxylation sites is 1. The Kier molecular flexibility index (Phi) is 9.53. The molecular formula is C18H29IN4O3. The van der Waals surface area contributed by atoms with E-state index in [1.807, 2.05) is 19.1 Å². The van der Waals surface area contributed by atoms with E-state index < -0.39 is 0 Å². The first kappa shape index (κ1) is 22.3. The maximum atomic E-state index is 11.2. The fourth-order valence-electron chi connectivity index (χ4n) is 3.15. The first-order valence-electron chi connectivity index (χ1n) is 8.71. The van der Waals surface area contributed by atoms with Crippen molar-refractivity contribution < 1.29 is 14.6 Å². The number of carbonyl (C=O) groups excluding carboxylic acids is 1. The van der Waals surface area contributed by atoms with Gasteiger partial charge in [0.05, 0.1) is 13.7 Å². The summed E-state index contributed by atoms with van der Waals surface area (Å²) >= 11 is 0. The number of likely N-dealkylation sites (tertiary alicyclic amines) is 1. The predicted octanol–water partition coefficient (Wildman–Crippen LogP) is 2.07.